The van der Waals surface area contributed by atoms with Crippen LogP contribution < -0.4 is 5.32 Å². The topological polar surface area (TPSA) is 81.8 Å². The Morgan fingerprint density at radius 3 is 2.61 bits per heavy atom. The number of rotatable bonds is 6. The van der Waals surface area contributed by atoms with E-state index in [1.165, 1.54) is 6.26 Å². The van der Waals surface area contributed by atoms with Crippen LogP contribution in [-0.4, -0.2) is 64.1 Å². The maximum Gasteiger partial charge on any atom is 0.277 e. The average Bonchev–Trinajstić information content (AvgIpc) is 3.07. The molecule has 8 heteroatoms. The molecular weight excluding hydrogens is 380 g/mol. The van der Waals surface area contributed by atoms with E-state index < -0.39 is 5.60 Å². The summed E-state index contributed by atoms with van der Waals surface area (Å²) in [5, 5.41) is 13.3. The third-order valence-electron chi connectivity index (χ3n) is 4.65. The molecular formula is C20H27ClN4O3. The molecule has 0 atom stereocenters. The van der Waals surface area contributed by atoms with Gasteiger partial charge in [0.2, 0.25) is 5.89 Å². The van der Waals surface area contributed by atoms with Crippen LogP contribution in [0.3, 0.4) is 0 Å². The van der Waals surface area contributed by atoms with E-state index in [9.17, 15) is 9.90 Å². The van der Waals surface area contributed by atoms with Crippen LogP contribution in [-0.2, 0) is 6.54 Å². The van der Waals surface area contributed by atoms with Crippen LogP contribution in [0.2, 0.25) is 5.02 Å². The predicted molar refractivity (Wildman–Crippen MR) is 109 cm³/mol. The van der Waals surface area contributed by atoms with Gasteiger partial charge >= 0.3 is 0 Å². The van der Waals surface area contributed by atoms with Crippen LogP contribution in [0, 0.1) is 6.92 Å². The van der Waals surface area contributed by atoms with Crippen molar-refractivity contribution in [1.82, 2.24) is 14.8 Å². The molecule has 28 heavy (non-hydrogen) atoms. The highest BCUT2D eigenvalue weighted by Crippen LogP contribution is 2.20. The van der Waals surface area contributed by atoms with Gasteiger partial charge in [-0.1, -0.05) is 17.7 Å². The lowest BCUT2D eigenvalue weighted by atomic mass is 10.1. The van der Waals surface area contributed by atoms with E-state index in [0.717, 1.165) is 31.7 Å². The minimum Gasteiger partial charge on any atom is -0.447 e. The molecule has 3 rings (SSSR count). The number of aliphatic hydroxyl groups is 1. The number of hydrogen-bond donors (Lipinski definition) is 2. The highest BCUT2D eigenvalue weighted by atomic mass is 35.5. The maximum absolute atomic E-state index is 12.4. The second-order valence-electron chi connectivity index (χ2n) is 7.91. The van der Waals surface area contributed by atoms with Crippen molar-refractivity contribution in [3.63, 3.8) is 0 Å². The highest BCUT2D eigenvalue weighted by Gasteiger charge is 2.24. The number of β-amino-alcohol motifs (C(OH)–C–C–N with tert-alkyl or cyclic N) is 1. The van der Waals surface area contributed by atoms with Crippen LogP contribution >= 0.6 is 11.6 Å². The largest absolute Gasteiger partial charge is 0.447 e. The third kappa shape index (κ3) is 5.78. The Kier molecular flexibility index (Phi) is 6.40. The summed E-state index contributed by atoms with van der Waals surface area (Å²) in [6, 6.07) is 5.36. The molecule has 0 aliphatic carbocycles. The molecule has 2 N–H and O–H groups in total. The smallest absolute Gasteiger partial charge is 0.277 e. The van der Waals surface area contributed by atoms with Crippen molar-refractivity contribution in [2.24, 2.45) is 0 Å². The lowest BCUT2D eigenvalue weighted by Crippen LogP contribution is -2.50. The van der Waals surface area contributed by atoms with Gasteiger partial charge < -0.3 is 14.8 Å². The van der Waals surface area contributed by atoms with Crippen molar-refractivity contribution in [3.05, 3.63) is 46.6 Å². The minimum atomic E-state index is -0.686. The molecule has 0 unspecified atom stereocenters. The van der Waals surface area contributed by atoms with E-state index in [4.69, 9.17) is 16.0 Å². The summed E-state index contributed by atoms with van der Waals surface area (Å²) >= 11 is 6.09. The summed E-state index contributed by atoms with van der Waals surface area (Å²) in [6.45, 7) is 10.3. The number of hydrogen-bond acceptors (Lipinski definition) is 6. The Balaban J connectivity index is 1.51. The van der Waals surface area contributed by atoms with Gasteiger partial charge in [0.1, 0.15) is 6.26 Å². The standard InChI is InChI=1S/C20H27ClN4O3/c1-14-4-5-15(10-16(14)21)22-19(26)17-12-28-18(23-17)11-24-6-8-25(9-7-24)13-20(2,3)27/h4-5,10,12,27H,6-9,11,13H2,1-3H3,(H,22,26). The number of benzene rings is 1. The molecule has 1 aromatic carbocycles. The van der Waals surface area contributed by atoms with Crippen LogP contribution in [0.1, 0.15) is 35.8 Å². The second-order valence-corrected chi connectivity index (χ2v) is 8.32. The van der Waals surface area contributed by atoms with Gasteiger partial charge in [-0.05, 0) is 38.5 Å². The quantitative estimate of drug-likeness (QED) is 0.767. The molecule has 0 radical (unpaired) electrons. The van der Waals surface area contributed by atoms with Crippen molar-refractivity contribution < 1.29 is 14.3 Å². The maximum atomic E-state index is 12.4. The number of amides is 1. The van der Waals surface area contributed by atoms with Crippen molar-refractivity contribution >= 4 is 23.2 Å². The van der Waals surface area contributed by atoms with Crippen LogP contribution in [0.25, 0.3) is 0 Å². The zero-order valence-electron chi connectivity index (χ0n) is 16.5. The molecule has 7 nitrogen and oxygen atoms in total. The van der Waals surface area contributed by atoms with Crippen LogP contribution in [0.15, 0.2) is 28.9 Å². The van der Waals surface area contributed by atoms with Gasteiger partial charge in [-0.25, -0.2) is 4.98 Å². The van der Waals surface area contributed by atoms with Gasteiger partial charge in [0, 0.05) is 43.4 Å². The predicted octanol–water partition coefficient (Wildman–Crippen LogP) is 2.78. The number of aryl methyl sites for hydroxylation is 1. The number of oxazole rings is 1. The fourth-order valence-electron chi connectivity index (χ4n) is 3.20. The molecule has 0 spiro atoms. The first-order valence-electron chi connectivity index (χ1n) is 9.38. The molecule has 1 fully saturated rings. The zero-order valence-corrected chi connectivity index (χ0v) is 17.3. The third-order valence-corrected chi connectivity index (χ3v) is 5.06. The van der Waals surface area contributed by atoms with Crippen molar-refractivity contribution in [3.8, 4) is 0 Å². The number of aromatic nitrogens is 1. The van der Waals surface area contributed by atoms with E-state index in [1.807, 2.05) is 26.8 Å². The molecule has 1 aliphatic heterocycles. The first kappa shape index (κ1) is 20.8. The minimum absolute atomic E-state index is 0.243. The van der Waals surface area contributed by atoms with E-state index >= 15 is 0 Å². The summed E-state index contributed by atoms with van der Waals surface area (Å²) in [5.41, 5.74) is 1.13. The van der Waals surface area contributed by atoms with E-state index in [0.29, 0.717) is 29.7 Å². The van der Waals surface area contributed by atoms with Crippen molar-refractivity contribution in [2.45, 2.75) is 32.9 Å². The Morgan fingerprint density at radius 1 is 1.29 bits per heavy atom. The fourth-order valence-corrected chi connectivity index (χ4v) is 3.38. The number of carbonyl (C=O) groups is 1. The van der Waals surface area contributed by atoms with Crippen molar-refractivity contribution in [2.75, 3.05) is 38.0 Å². The van der Waals surface area contributed by atoms with E-state index in [2.05, 4.69) is 20.1 Å². The number of nitrogens with one attached hydrogen (secondary N) is 1. The van der Waals surface area contributed by atoms with Gasteiger partial charge in [0.05, 0.1) is 12.1 Å². The number of nitrogens with zero attached hydrogens (tertiary/aromatic N) is 3. The molecule has 1 saturated heterocycles. The fraction of sp³-hybridized carbons (Fsp3) is 0.500. The summed E-state index contributed by atoms with van der Waals surface area (Å²) in [6.07, 6.45) is 1.38. The monoisotopic (exact) mass is 406 g/mol. The van der Waals surface area contributed by atoms with Gasteiger partial charge in [0.15, 0.2) is 5.69 Å². The molecule has 0 saturated carbocycles. The lowest BCUT2D eigenvalue weighted by Gasteiger charge is -2.36. The van der Waals surface area contributed by atoms with E-state index in [-0.39, 0.29) is 11.6 Å². The van der Waals surface area contributed by atoms with Crippen LogP contribution in [0.5, 0.6) is 0 Å². The van der Waals surface area contributed by atoms with Gasteiger partial charge in [-0.15, -0.1) is 0 Å². The van der Waals surface area contributed by atoms with E-state index in [1.54, 1.807) is 12.1 Å². The summed E-state index contributed by atoms with van der Waals surface area (Å²) in [7, 11) is 0. The number of piperazine rings is 1. The van der Waals surface area contributed by atoms with Crippen LogP contribution in [0.4, 0.5) is 5.69 Å². The molecule has 1 aromatic heterocycles. The van der Waals surface area contributed by atoms with Gasteiger partial charge in [0.25, 0.3) is 5.91 Å². The Hall–Kier alpha value is -1.93. The Bertz CT molecular complexity index is 823. The summed E-state index contributed by atoms with van der Waals surface area (Å²) < 4.78 is 5.48. The Morgan fingerprint density at radius 2 is 1.96 bits per heavy atom. The average molecular weight is 407 g/mol. The number of carbonyl (C=O) groups excluding carboxylic acids is 1. The molecule has 1 amide bonds. The first-order valence-corrected chi connectivity index (χ1v) is 9.76. The number of anilines is 1. The van der Waals surface area contributed by atoms with Crippen molar-refractivity contribution in [1.29, 1.82) is 0 Å². The molecule has 1 aliphatic rings. The highest BCUT2D eigenvalue weighted by molar-refractivity contribution is 6.31. The molecule has 2 heterocycles. The molecule has 2 aromatic rings. The normalized spacial score (nSPS) is 16.3. The van der Waals surface area contributed by atoms with Gasteiger partial charge in [-0.3, -0.25) is 14.6 Å². The Labute approximate surface area is 170 Å². The molecule has 152 valence electrons. The summed E-state index contributed by atoms with van der Waals surface area (Å²) in [4.78, 5) is 21.2. The molecule has 0 bridgehead atoms. The SMILES string of the molecule is Cc1ccc(NC(=O)c2coc(CN3CCN(CC(C)(C)O)CC3)n2)cc1Cl. The lowest BCUT2D eigenvalue weighted by molar-refractivity contribution is 0.0156. The zero-order chi connectivity index (χ0) is 20.3. The number of halogens is 1. The van der Waals surface area contributed by atoms with Gasteiger partial charge in [-0.2, -0.15) is 0 Å². The summed E-state index contributed by atoms with van der Waals surface area (Å²) in [5.74, 6) is 0.188. The first-order chi connectivity index (χ1) is 13.2. The second kappa shape index (κ2) is 8.61.